The van der Waals surface area contributed by atoms with Gasteiger partial charge in [0.05, 0.1) is 29.0 Å². The highest BCUT2D eigenvalue weighted by molar-refractivity contribution is 5.88. The Kier molecular flexibility index (Phi) is 5.69. The Morgan fingerprint density at radius 3 is 2.43 bits per heavy atom. The summed E-state index contributed by atoms with van der Waals surface area (Å²) in [6.45, 7) is 2.62. The van der Waals surface area contributed by atoms with Crippen LogP contribution < -0.4 is 10.3 Å². The van der Waals surface area contributed by atoms with Crippen molar-refractivity contribution in [1.29, 1.82) is 0 Å². The Morgan fingerprint density at radius 1 is 1.18 bits per heavy atom. The van der Waals surface area contributed by atoms with Crippen molar-refractivity contribution in [2.24, 2.45) is 4.99 Å². The van der Waals surface area contributed by atoms with Crippen LogP contribution in [0.25, 0.3) is 16.9 Å². The molecule has 0 saturated carbocycles. The highest BCUT2D eigenvalue weighted by Gasteiger charge is 2.16. The van der Waals surface area contributed by atoms with Gasteiger partial charge in [-0.2, -0.15) is 0 Å². The second kappa shape index (κ2) is 8.34. The molecule has 0 fully saturated rings. The van der Waals surface area contributed by atoms with Crippen molar-refractivity contribution in [2.75, 3.05) is 13.7 Å². The fourth-order valence-electron chi connectivity index (χ4n) is 2.74. The fourth-order valence-corrected chi connectivity index (χ4v) is 2.74. The number of aromatic amines is 1. The summed E-state index contributed by atoms with van der Waals surface area (Å²) in [5.74, 6) is 0.710. The number of hydrogen-bond donors (Lipinski definition) is 1. The number of methoxy groups -OCH3 is 1. The molecule has 8 nitrogen and oxygen atoms in total. The lowest BCUT2D eigenvalue weighted by molar-refractivity contribution is -0.384. The highest BCUT2D eigenvalue weighted by Crippen LogP contribution is 2.23. The van der Waals surface area contributed by atoms with E-state index in [9.17, 15) is 14.9 Å². The van der Waals surface area contributed by atoms with Crippen molar-refractivity contribution in [3.05, 3.63) is 74.6 Å². The summed E-state index contributed by atoms with van der Waals surface area (Å²) in [4.78, 5) is 27.7. The first kappa shape index (κ1) is 19.1. The van der Waals surface area contributed by atoms with Crippen molar-refractivity contribution < 1.29 is 9.66 Å². The largest absolute Gasteiger partial charge is 0.497 e. The first-order valence-corrected chi connectivity index (χ1v) is 8.79. The Balaban J connectivity index is 2.11. The third-order valence-electron chi connectivity index (χ3n) is 4.20. The number of ether oxygens (including phenoxy) is 1. The molecule has 0 aliphatic rings. The summed E-state index contributed by atoms with van der Waals surface area (Å²) in [7, 11) is 1.59. The highest BCUT2D eigenvalue weighted by atomic mass is 16.6. The van der Waals surface area contributed by atoms with Crippen LogP contribution >= 0.6 is 0 Å². The average Bonchev–Trinajstić information content (AvgIpc) is 3.05. The van der Waals surface area contributed by atoms with E-state index in [1.165, 1.54) is 28.9 Å². The van der Waals surface area contributed by atoms with Gasteiger partial charge >= 0.3 is 0 Å². The molecule has 0 radical (unpaired) electrons. The fraction of sp³-hybridized carbons (Fsp3) is 0.200. The van der Waals surface area contributed by atoms with E-state index in [2.05, 4.69) is 10.1 Å². The summed E-state index contributed by atoms with van der Waals surface area (Å²) < 4.78 is 6.54. The standard InChI is InChI=1S/C20H20N4O4/c1-3-12-21-13-18-19(14-4-10-17(28-2)11-5-14)22-23(20(18)25)15-6-8-16(9-7-15)24(26)27/h4-11,13,22H,3,12H2,1-2H3. The van der Waals surface area contributed by atoms with E-state index in [4.69, 9.17) is 4.74 Å². The Hall–Kier alpha value is -3.68. The molecule has 0 aliphatic heterocycles. The van der Waals surface area contributed by atoms with E-state index in [-0.39, 0.29) is 11.2 Å². The lowest BCUT2D eigenvalue weighted by atomic mass is 10.1. The number of aliphatic imine (C=N–C) groups is 1. The first-order chi connectivity index (χ1) is 13.5. The van der Waals surface area contributed by atoms with Crippen LogP contribution in [0, 0.1) is 10.1 Å². The number of nitrogens with zero attached hydrogens (tertiary/aromatic N) is 3. The van der Waals surface area contributed by atoms with Crippen molar-refractivity contribution in [3.8, 4) is 22.7 Å². The van der Waals surface area contributed by atoms with Gasteiger partial charge in [-0.05, 0) is 42.8 Å². The molecule has 0 aliphatic carbocycles. The van der Waals surface area contributed by atoms with Crippen LogP contribution in [-0.4, -0.2) is 34.6 Å². The maximum atomic E-state index is 13.0. The second-order valence-electron chi connectivity index (χ2n) is 6.08. The number of aromatic nitrogens is 2. The van der Waals surface area contributed by atoms with E-state index in [0.29, 0.717) is 29.2 Å². The Labute approximate surface area is 161 Å². The van der Waals surface area contributed by atoms with E-state index >= 15 is 0 Å². The minimum absolute atomic E-state index is 0.0385. The van der Waals surface area contributed by atoms with Crippen LogP contribution in [0.5, 0.6) is 5.75 Å². The predicted octanol–water partition coefficient (Wildman–Crippen LogP) is 3.58. The number of hydrogen-bond acceptors (Lipinski definition) is 5. The van der Waals surface area contributed by atoms with Crippen LogP contribution in [0.15, 0.2) is 58.3 Å². The zero-order valence-corrected chi connectivity index (χ0v) is 15.6. The number of non-ortho nitro benzene ring substituents is 1. The number of nitrogens with one attached hydrogen (secondary N) is 1. The Bertz CT molecular complexity index is 1050. The van der Waals surface area contributed by atoms with Crippen LogP contribution in [0.4, 0.5) is 5.69 Å². The maximum Gasteiger partial charge on any atom is 0.280 e. The normalized spacial score (nSPS) is 11.1. The molecular weight excluding hydrogens is 360 g/mol. The minimum Gasteiger partial charge on any atom is -0.497 e. The summed E-state index contributed by atoms with van der Waals surface area (Å²) in [5.41, 5.74) is 2.03. The van der Waals surface area contributed by atoms with Gasteiger partial charge in [-0.1, -0.05) is 6.92 Å². The molecular formula is C20H20N4O4. The van der Waals surface area contributed by atoms with Crippen LogP contribution in [0.1, 0.15) is 18.9 Å². The van der Waals surface area contributed by atoms with Crippen molar-refractivity contribution in [1.82, 2.24) is 9.78 Å². The summed E-state index contributed by atoms with van der Waals surface area (Å²) in [5, 5.41) is 14.0. The van der Waals surface area contributed by atoms with Crippen LogP contribution in [0.3, 0.4) is 0 Å². The van der Waals surface area contributed by atoms with E-state index in [0.717, 1.165) is 12.0 Å². The zero-order valence-electron chi connectivity index (χ0n) is 15.6. The van der Waals surface area contributed by atoms with Crippen LogP contribution in [-0.2, 0) is 0 Å². The topological polar surface area (TPSA) is 103 Å². The summed E-state index contributed by atoms with van der Waals surface area (Å²) >= 11 is 0. The van der Waals surface area contributed by atoms with Gasteiger partial charge in [-0.25, -0.2) is 4.68 Å². The van der Waals surface area contributed by atoms with E-state index < -0.39 is 4.92 Å². The maximum absolute atomic E-state index is 13.0. The second-order valence-corrected chi connectivity index (χ2v) is 6.08. The first-order valence-electron chi connectivity index (χ1n) is 8.79. The molecule has 28 heavy (non-hydrogen) atoms. The number of nitro groups is 1. The minimum atomic E-state index is -0.479. The van der Waals surface area contributed by atoms with Gasteiger partial charge in [-0.3, -0.25) is 25.0 Å². The van der Waals surface area contributed by atoms with Gasteiger partial charge in [-0.15, -0.1) is 0 Å². The molecule has 0 atom stereocenters. The van der Waals surface area contributed by atoms with E-state index in [1.54, 1.807) is 13.3 Å². The van der Waals surface area contributed by atoms with Crippen molar-refractivity contribution in [3.63, 3.8) is 0 Å². The molecule has 0 unspecified atom stereocenters. The third kappa shape index (κ3) is 3.85. The molecule has 3 aromatic rings. The monoisotopic (exact) mass is 380 g/mol. The van der Waals surface area contributed by atoms with Gasteiger partial charge in [0.25, 0.3) is 11.2 Å². The predicted molar refractivity (Wildman–Crippen MR) is 108 cm³/mol. The lowest BCUT2D eigenvalue weighted by Crippen LogP contribution is -2.17. The molecule has 0 spiro atoms. The number of H-pyrrole nitrogens is 1. The Morgan fingerprint density at radius 2 is 1.86 bits per heavy atom. The van der Waals surface area contributed by atoms with Gasteiger partial charge in [0.1, 0.15) is 5.75 Å². The van der Waals surface area contributed by atoms with Gasteiger partial charge < -0.3 is 4.74 Å². The zero-order chi connectivity index (χ0) is 20.1. The third-order valence-corrected chi connectivity index (χ3v) is 4.20. The van der Waals surface area contributed by atoms with Gasteiger partial charge in [0.2, 0.25) is 0 Å². The number of nitro benzene ring substituents is 1. The smallest absolute Gasteiger partial charge is 0.280 e. The molecule has 144 valence electrons. The molecule has 0 amide bonds. The molecule has 3 rings (SSSR count). The van der Waals surface area contributed by atoms with Gasteiger partial charge in [0, 0.05) is 30.5 Å². The molecule has 0 bridgehead atoms. The molecule has 2 aromatic carbocycles. The van der Waals surface area contributed by atoms with Gasteiger partial charge in [0.15, 0.2) is 0 Å². The number of benzene rings is 2. The average molecular weight is 380 g/mol. The molecule has 1 aromatic heterocycles. The van der Waals surface area contributed by atoms with Crippen LogP contribution in [0.2, 0.25) is 0 Å². The molecule has 8 heteroatoms. The van der Waals surface area contributed by atoms with E-state index in [1.807, 2.05) is 31.2 Å². The summed E-state index contributed by atoms with van der Waals surface area (Å²) in [6, 6.07) is 13.1. The lowest BCUT2D eigenvalue weighted by Gasteiger charge is -2.04. The SMILES string of the molecule is CCCN=Cc1c(-c2ccc(OC)cc2)[nH]n(-c2ccc([N+](=O)[O-])cc2)c1=O. The quantitative estimate of drug-likeness (QED) is 0.384. The summed E-state index contributed by atoms with van der Waals surface area (Å²) in [6.07, 6.45) is 2.44. The molecule has 1 N–H and O–H groups in total. The molecule has 1 heterocycles. The molecule has 0 saturated heterocycles. The number of rotatable bonds is 7. The van der Waals surface area contributed by atoms with Crippen molar-refractivity contribution >= 4 is 11.9 Å². The van der Waals surface area contributed by atoms with Crippen molar-refractivity contribution in [2.45, 2.75) is 13.3 Å².